The molecule has 0 aromatic carbocycles. The summed E-state index contributed by atoms with van der Waals surface area (Å²) in [7, 11) is 1.81. The summed E-state index contributed by atoms with van der Waals surface area (Å²) in [5.41, 5.74) is 1.44. The van der Waals surface area contributed by atoms with E-state index in [1.54, 1.807) is 18.2 Å². The highest BCUT2D eigenvalue weighted by Crippen LogP contribution is 2.14. The fourth-order valence-corrected chi connectivity index (χ4v) is 2.13. The first-order valence-electron chi connectivity index (χ1n) is 6.47. The Morgan fingerprint density at radius 3 is 2.75 bits per heavy atom. The Bertz CT molecular complexity index is 478. The lowest BCUT2D eigenvalue weighted by atomic mass is 10.0. The van der Waals surface area contributed by atoms with Crippen LogP contribution in [-0.4, -0.2) is 42.6 Å². The van der Waals surface area contributed by atoms with E-state index >= 15 is 0 Å². The first kappa shape index (κ1) is 16.0. The molecule has 20 heavy (non-hydrogen) atoms. The van der Waals surface area contributed by atoms with E-state index < -0.39 is 0 Å². The first-order valence-corrected chi connectivity index (χ1v) is 6.47. The Morgan fingerprint density at radius 1 is 1.50 bits per heavy atom. The molecule has 0 aliphatic carbocycles. The summed E-state index contributed by atoms with van der Waals surface area (Å²) in [5, 5.41) is 2.33. The fourth-order valence-electron chi connectivity index (χ4n) is 2.13. The van der Waals surface area contributed by atoms with Crippen molar-refractivity contribution in [2.45, 2.75) is 25.8 Å². The Labute approximate surface area is 119 Å². The van der Waals surface area contributed by atoms with Gasteiger partial charge in [-0.05, 0) is 26.0 Å². The molecule has 0 radical (unpaired) electrons. The van der Waals surface area contributed by atoms with Crippen molar-refractivity contribution in [2.24, 2.45) is 0 Å². The van der Waals surface area contributed by atoms with E-state index in [1.807, 2.05) is 18.9 Å². The second-order valence-corrected chi connectivity index (χ2v) is 4.83. The van der Waals surface area contributed by atoms with Gasteiger partial charge >= 0.3 is 0 Å². The summed E-state index contributed by atoms with van der Waals surface area (Å²) in [6.07, 6.45) is 6.62. The minimum atomic E-state index is -0.334. The second kappa shape index (κ2) is 7.55. The number of aldehydes is 1. The maximum Gasteiger partial charge on any atom is 0.243 e. The SMILES string of the molecule is C=C/C=C\C(C=O)=C(/C)CN(C)C1CCC(=O)NC1=O. The summed E-state index contributed by atoms with van der Waals surface area (Å²) >= 11 is 0. The molecule has 5 nitrogen and oxygen atoms in total. The van der Waals surface area contributed by atoms with Crippen molar-refractivity contribution >= 4 is 18.1 Å². The van der Waals surface area contributed by atoms with E-state index in [0.717, 1.165) is 11.9 Å². The minimum absolute atomic E-state index is 0.227. The monoisotopic (exact) mass is 276 g/mol. The average Bonchev–Trinajstić information content (AvgIpc) is 2.39. The van der Waals surface area contributed by atoms with Crippen LogP contribution in [0, 0.1) is 0 Å². The third-order valence-electron chi connectivity index (χ3n) is 3.26. The molecule has 1 heterocycles. The van der Waals surface area contributed by atoms with E-state index in [4.69, 9.17) is 0 Å². The summed E-state index contributed by atoms with van der Waals surface area (Å²) in [4.78, 5) is 35.7. The molecular weight excluding hydrogens is 256 g/mol. The normalized spacial score (nSPS) is 20.9. The number of allylic oxidation sites excluding steroid dienone is 4. The maximum absolute atomic E-state index is 11.8. The molecule has 1 rings (SSSR count). The molecule has 1 N–H and O–H groups in total. The average molecular weight is 276 g/mol. The topological polar surface area (TPSA) is 66.5 Å². The van der Waals surface area contributed by atoms with Gasteiger partial charge in [0.05, 0.1) is 6.04 Å². The van der Waals surface area contributed by atoms with Gasteiger partial charge in [-0.2, -0.15) is 0 Å². The highest BCUT2D eigenvalue weighted by molar-refractivity contribution is 6.00. The van der Waals surface area contributed by atoms with Crippen LogP contribution in [0.15, 0.2) is 36.0 Å². The van der Waals surface area contributed by atoms with Crippen LogP contribution in [0.2, 0.25) is 0 Å². The standard InChI is InChI=1S/C15H20N2O3/c1-4-5-6-12(10-18)11(2)9-17(3)13-7-8-14(19)16-15(13)20/h4-6,10,13H,1,7-9H2,2-3H3,(H,16,19,20)/b6-5-,12-11-. The molecule has 0 aromatic rings. The van der Waals surface area contributed by atoms with Gasteiger partial charge in [0.25, 0.3) is 0 Å². The predicted molar refractivity (Wildman–Crippen MR) is 76.9 cm³/mol. The largest absolute Gasteiger partial charge is 0.298 e. The van der Waals surface area contributed by atoms with Crippen LogP contribution in [0.1, 0.15) is 19.8 Å². The van der Waals surface area contributed by atoms with Crippen LogP contribution in [0.25, 0.3) is 0 Å². The molecule has 1 unspecified atom stereocenters. The van der Waals surface area contributed by atoms with Gasteiger partial charge in [-0.3, -0.25) is 24.6 Å². The lowest BCUT2D eigenvalue weighted by Crippen LogP contribution is -2.51. The van der Waals surface area contributed by atoms with Gasteiger partial charge in [0.1, 0.15) is 6.29 Å². The van der Waals surface area contributed by atoms with Gasteiger partial charge in [0, 0.05) is 18.5 Å². The number of amides is 2. The lowest BCUT2D eigenvalue weighted by Gasteiger charge is -2.30. The van der Waals surface area contributed by atoms with Crippen molar-refractivity contribution in [2.75, 3.05) is 13.6 Å². The molecule has 1 aliphatic rings. The summed E-state index contributed by atoms with van der Waals surface area (Å²) in [6, 6.07) is -0.334. The Morgan fingerprint density at radius 2 is 2.20 bits per heavy atom. The summed E-state index contributed by atoms with van der Waals surface area (Å²) in [5.74, 6) is -0.500. The molecule has 1 fully saturated rings. The zero-order valence-electron chi connectivity index (χ0n) is 11.9. The van der Waals surface area contributed by atoms with Gasteiger partial charge in [0.15, 0.2) is 0 Å². The van der Waals surface area contributed by atoms with Gasteiger partial charge < -0.3 is 0 Å². The number of hydrogen-bond donors (Lipinski definition) is 1. The number of carbonyl (C=O) groups excluding carboxylic acids is 3. The summed E-state index contributed by atoms with van der Waals surface area (Å²) < 4.78 is 0. The number of hydrogen-bond acceptors (Lipinski definition) is 4. The van der Waals surface area contributed by atoms with Crippen LogP contribution in [-0.2, 0) is 14.4 Å². The number of nitrogens with one attached hydrogen (secondary N) is 1. The van der Waals surface area contributed by atoms with Crippen LogP contribution in [0.4, 0.5) is 0 Å². The van der Waals surface area contributed by atoms with Crippen molar-refractivity contribution in [1.29, 1.82) is 0 Å². The van der Waals surface area contributed by atoms with Crippen molar-refractivity contribution in [3.05, 3.63) is 36.0 Å². The van der Waals surface area contributed by atoms with Crippen molar-refractivity contribution in [3.8, 4) is 0 Å². The lowest BCUT2D eigenvalue weighted by molar-refractivity contribution is -0.137. The van der Waals surface area contributed by atoms with E-state index in [0.29, 0.717) is 25.0 Å². The maximum atomic E-state index is 11.8. The molecule has 0 saturated carbocycles. The number of likely N-dealkylation sites (N-methyl/N-ethyl adjacent to an activating group) is 1. The third-order valence-corrected chi connectivity index (χ3v) is 3.26. The van der Waals surface area contributed by atoms with Crippen molar-refractivity contribution < 1.29 is 14.4 Å². The van der Waals surface area contributed by atoms with Gasteiger partial charge in [-0.15, -0.1) is 0 Å². The van der Waals surface area contributed by atoms with E-state index in [1.165, 1.54) is 0 Å². The smallest absolute Gasteiger partial charge is 0.243 e. The van der Waals surface area contributed by atoms with E-state index in [9.17, 15) is 14.4 Å². The number of piperidine rings is 1. The third kappa shape index (κ3) is 4.28. The van der Waals surface area contributed by atoms with Crippen LogP contribution in [0.5, 0.6) is 0 Å². The van der Waals surface area contributed by atoms with Gasteiger partial charge in [-0.25, -0.2) is 0 Å². The van der Waals surface area contributed by atoms with E-state index in [2.05, 4.69) is 11.9 Å². The number of imide groups is 1. The molecule has 0 bridgehead atoms. The molecule has 2 amide bonds. The predicted octanol–water partition coefficient (Wildman–Crippen LogP) is 0.981. The van der Waals surface area contributed by atoms with Crippen molar-refractivity contribution in [1.82, 2.24) is 10.2 Å². The molecule has 1 saturated heterocycles. The van der Waals surface area contributed by atoms with Crippen LogP contribution in [0.3, 0.4) is 0 Å². The van der Waals surface area contributed by atoms with Crippen LogP contribution >= 0.6 is 0 Å². The number of nitrogens with zero attached hydrogens (tertiary/aromatic N) is 1. The summed E-state index contributed by atoms with van der Waals surface area (Å²) in [6.45, 7) is 5.89. The number of carbonyl (C=O) groups is 3. The molecule has 0 aromatic heterocycles. The van der Waals surface area contributed by atoms with Crippen LogP contribution < -0.4 is 5.32 Å². The Kier molecular flexibility index (Phi) is 6.06. The zero-order valence-corrected chi connectivity index (χ0v) is 11.9. The first-order chi connectivity index (χ1) is 9.49. The zero-order chi connectivity index (χ0) is 15.1. The second-order valence-electron chi connectivity index (χ2n) is 4.83. The molecular formula is C15H20N2O3. The highest BCUT2D eigenvalue weighted by atomic mass is 16.2. The van der Waals surface area contributed by atoms with Gasteiger partial charge in [0.2, 0.25) is 11.8 Å². The Balaban J connectivity index is 2.75. The molecule has 108 valence electrons. The number of rotatable bonds is 6. The molecule has 0 spiro atoms. The van der Waals surface area contributed by atoms with Crippen molar-refractivity contribution in [3.63, 3.8) is 0 Å². The quantitative estimate of drug-likeness (QED) is 0.340. The Hall–Kier alpha value is -2.01. The molecule has 1 atom stereocenters. The molecule has 5 heteroatoms. The molecule has 1 aliphatic heterocycles. The fraction of sp³-hybridized carbons (Fsp3) is 0.400. The minimum Gasteiger partial charge on any atom is -0.298 e. The van der Waals surface area contributed by atoms with Gasteiger partial charge in [-0.1, -0.05) is 24.8 Å². The van der Waals surface area contributed by atoms with E-state index in [-0.39, 0.29) is 17.9 Å². The highest BCUT2D eigenvalue weighted by Gasteiger charge is 2.29.